The van der Waals surface area contributed by atoms with Gasteiger partial charge in [-0.15, -0.1) is 0 Å². The molecule has 28 heavy (non-hydrogen) atoms. The summed E-state index contributed by atoms with van der Waals surface area (Å²) >= 11 is 12.4. The molecular weight excluding hydrogens is 395 g/mol. The summed E-state index contributed by atoms with van der Waals surface area (Å²) in [7, 11) is 0. The molecule has 0 aliphatic carbocycles. The first kappa shape index (κ1) is 20.5. The molecule has 146 valence electrons. The number of rotatable bonds is 10. The van der Waals surface area contributed by atoms with E-state index in [1.54, 1.807) is 6.20 Å². The summed E-state index contributed by atoms with van der Waals surface area (Å²) in [6.45, 7) is 2.48. The van der Waals surface area contributed by atoms with Crippen LogP contribution in [0.1, 0.15) is 17.5 Å². The maximum absolute atomic E-state index is 6.20. The van der Waals surface area contributed by atoms with E-state index in [2.05, 4.69) is 10.3 Å². The Bertz CT molecular complexity index is 875. The lowest BCUT2D eigenvalue weighted by Crippen LogP contribution is -2.17. The lowest BCUT2D eigenvalue weighted by molar-refractivity contribution is 0.294. The van der Waals surface area contributed by atoms with Crippen molar-refractivity contribution in [3.8, 4) is 11.6 Å². The van der Waals surface area contributed by atoms with E-state index >= 15 is 0 Å². The molecule has 1 aromatic heterocycles. The van der Waals surface area contributed by atoms with Crippen molar-refractivity contribution in [2.24, 2.45) is 0 Å². The molecule has 0 fully saturated rings. The van der Waals surface area contributed by atoms with Crippen molar-refractivity contribution in [1.29, 1.82) is 0 Å². The van der Waals surface area contributed by atoms with Crippen molar-refractivity contribution in [1.82, 2.24) is 10.3 Å². The molecule has 0 aliphatic rings. The molecule has 2 aromatic carbocycles. The third-order valence-corrected chi connectivity index (χ3v) is 4.67. The van der Waals surface area contributed by atoms with Crippen LogP contribution in [0.4, 0.5) is 0 Å². The summed E-state index contributed by atoms with van der Waals surface area (Å²) < 4.78 is 11.6. The molecule has 0 atom stereocenters. The van der Waals surface area contributed by atoms with Crippen molar-refractivity contribution in [3.05, 3.63) is 88.0 Å². The van der Waals surface area contributed by atoms with E-state index in [-0.39, 0.29) is 0 Å². The van der Waals surface area contributed by atoms with Crippen LogP contribution in [0.3, 0.4) is 0 Å². The lowest BCUT2D eigenvalue weighted by atomic mass is 10.2. The van der Waals surface area contributed by atoms with Gasteiger partial charge in [0.1, 0.15) is 12.4 Å². The predicted molar refractivity (Wildman–Crippen MR) is 113 cm³/mol. The Hall–Kier alpha value is -2.27. The van der Waals surface area contributed by atoms with Gasteiger partial charge in [-0.2, -0.15) is 0 Å². The molecule has 1 N–H and O–H groups in total. The lowest BCUT2D eigenvalue weighted by Gasteiger charge is -2.13. The Morgan fingerprint density at radius 1 is 0.893 bits per heavy atom. The molecule has 3 rings (SSSR count). The van der Waals surface area contributed by atoms with Gasteiger partial charge in [0.15, 0.2) is 0 Å². The summed E-state index contributed by atoms with van der Waals surface area (Å²) in [5, 5.41) is 4.78. The summed E-state index contributed by atoms with van der Waals surface area (Å²) in [5.74, 6) is 1.44. The van der Waals surface area contributed by atoms with E-state index < -0.39 is 0 Å². The monoisotopic (exact) mass is 416 g/mol. The summed E-state index contributed by atoms with van der Waals surface area (Å²) in [6.07, 6.45) is 2.59. The summed E-state index contributed by atoms with van der Waals surface area (Å²) in [6, 6.07) is 18.9. The van der Waals surface area contributed by atoms with E-state index in [0.29, 0.717) is 35.7 Å². The SMILES string of the molecule is Clc1ccc(OCc2ccccc2Cl)c(CNCCCOc2ccccn2)c1. The number of nitrogens with one attached hydrogen (secondary N) is 1. The van der Waals surface area contributed by atoms with Gasteiger partial charge in [-0.3, -0.25) is 0 Å². The molecular formula is C22H22Cl2N2O2. The van der Waals surface area contributed by atoms with E-state index in [4.69, 9.17) is 32.7 Å². The maximum Gasteiger partial charge on any atom is 0.213 e. The fraction of sp³-hybridized carbons (Fsp3) is 0.227. The molecule has 0 unspecified atom stereocenters. The number of pyridine rings is 1. The van der Waals surface area contributed by atoms with Crippen molar-refractivity contribution >= 4 is 23.2 Å². The Morgan fingerprint density at radius 2 is 1.75 bits per heavy atom. The molecule has 6 heteroatoms. The molecule has 0 radical (unpaired) electrons. The Balaban J connectivity index is 1.46. The molecule has 1 heterocycles. The summed E-state index contributed by atoms with van der Waals surface area (Å²) in [4.78, 5) is 4.13. The highest BCUT2D eigenvalue weighted by Crippen LogP contribution is 2.25. The zero-order chi connectivity index (χ0) is 19.6. The number of halogens is 2. The van der Waals surface area contributed by atoms with Gasteiger partial charge in [0.25, 0.3) is 0 Å². The second-order valence-corrected chi connectivity index (χ2v) is 7.02. The van der Waals surface area contributed by atoms with Gasteiger partial charge in [-0.25, -0.2) is 4.98 Å². The largest absolute Gasteiger partial charge is 0.489 e. The van der Waals surface area contributed by atoms with Crippen molar-refractivity contribution in [2.45, 2.75) is 19.6 Å². The minimum atomic E-state index is 0.409. The average Bonchev–Trinajstić information content (AvgIpc) is 2.72. The normalized spacial score (nSPS) is 10.6. The van der Waals surface area contributed by atoms with Crippen LogP contribution in [0.15, 0.2) is 66.9 Å². The minimum Gasteiger partial charge on any atom is -0.489 e. The van der Waals surface area contributed by atoms with Gasteiger partial charge >= 0.3 is 0 Å². The molecule has 0 bridgehead atoms. The fourth-order valence-electron chi connectivity index (χ4n) is 2.63. The second kappa shape index (κ2) is 10.9. The predicted octanol–water partition coefficient (Wildman–Crippen LogP) is 5.53. The van der Waals surface area contributed by atoms with Crippen molar-refractivity contribution in [2.75, 3.05) is 13.2 Å². The third kappa shape index (κ3) is 6.41. The smallest absolute Gasteiger partial charge is 0.213 e. The van der Waals surface area contributed by atoms with Gasteiger partial charge in [-0.1, -0.05) is 47.5 Å². The van der Waals surface area contributed by atoms with Crippen LogP contribution < -0.4 is 14.8 Å². The van der Waals surface area contributed by atoms with Gasteiger partial charge < -0.3 is 14.8 Å². The van der Waals surface area contributed by atoms with Gasteiger partial charge in [-0.05, 0) is 43.3 Å². The highest BCUT2D eigenvalue weighted by molar-refractivity contribution is 6.31. The zero-order valence-electron chi connectivity index (χ0n) is 15.4. The molecule has 3 aromatic rings. The van der Waals surface area contributed by atoms with Crippen LogP contribution in [-0.4, -0.2) is 18.1 Å². The molecule has 0 saturated heterocycles. The average molecular weight is 417 g/mol. The number of hydrogen-bond donors (Lipinski definition) is 1. The van der Waals surface area contributed by atoms with Crippen molar-refractivity contribution < 1.29 is 9.47 Å². The fourth-order valence-corrected chi connectivity index (χ4v) is 3.01. The van der Waals surface area contributed by atoms with E-state index in [1.165, 1.54) is 0 Å². The van der Waals surface area contributed by atoms with E-state index in [9.17, 15) is 0 Å². The second-order valence-electron chi connectivity index (χ2n) is 6.18. The molecule has 0 aliphatic heterocycles. The minimum absolute atomic E-state index is 0.409. The summed E-state index contributed by atoms with van der Waals surface area (Å²) in [5.41, 5.74) is 1.95. The van der Waals surface area contributed by atoms with Crippen LogP contribution in [0.2, 0.25) is 10.0 Å². The van der Waals surface area contributed by atoms with Crippen LogP contribution >= 0.6 is 23.2 Å². The number of hydrogen-bond acceptors (Lipinski definition) is 4. The first-order valence-corrected chi connectivity index (χ1v) is 9.87. The Kier molecular flexibility index (Phi) is 7.97. The first-order chi connectivity index (χ1) is 13.7. The van der Waals surface area contributed by atoms with Crippen molar-refractivity contribution in [3.63, 3.8) is 0 Å². The highest BCUT2D eigenvalue weighted by Gasteiger charge is 2.07. The third-order valence-electron chi connectivity index (χ3n) is 4.06. The van der Waals surface area contributed by atoms with Crippen LogP contribution in [0.5, 0.6) is 11.6 Å². The number of ether oxygens (including phenoxy) is 2. The molecule has 0 spiro atoms. The van der Waals surface area contributed by atoms with Crippen LogP contribution in [0.25, 0.3) is 0 Å². The van der Waals surface area contributed by atoms with Crippen LogP contribution in [0, 0.1) is 0 Å². The molecule has 0 amide bonds. The standard InChI is InChI=1S/C22H22Cl2N2O2/c23-19-9-10-21(28-16-17-6-1-2-7-20(17)24)18(14-19)15-25-11-5-13-27-22-8-3-4-12-26-22/h1-4,6-10,12,14,25H,5,11,13,15-16H2. The number of benzene rings is 2. The van der Waals surface area contributed by atoms with Crippen LogP contribution in [-0.2, 0) is 13.2 Å². The maximum atomic E-state index is 6.20. The molecule has 4 nitrogen and oxygen atoms in total. The Labute approximate surface area is 175 Å². The first-order valence-electron chi connectivity index (χ1n) is 9.11. The van der Waals surface area contributed by atoms with Gasteiger partial charge in [0.2, 0.25) is 5.88 Å². The number of nitrogens with zero attached hydrogens (tertiary/aromatic N) is 1. The topological polar surface area (TPSA) is 43.4 Å². The Morgan fingerprint density at radius 3 is 2.57 bits per heavy atom. The zero-order valence-corrected chi connectivity index (χ0v) is 16.9. The quantitative estimate of drug-likeness (QED) is 0.441. The van der Waals surface area contributed by atoms with Gasteiger partial charge in [0, 0.05) is 40.0 Å². The van der Waals surface area contributed by atoms with Gasteiger partial charge in [0.05, 0.1) is 6.61 Å². The molecule has 0 saturated carbocycles. The number of aromatic nitrogens is 1. The van der Waals surface area contributed by atoms with E-state index in [1.807, 2.05) is 60.7 Å². The van der Waals surface area contributed by atoms with E-state index in [0.717, 1.165) is 29.8 Å². The highest BCUT2D eigenvalue weighted by atomic mass is 35.5.